The smallest absolute Gasteiger partial charge is 0.312 e. The highest BCUT2D eigenvalue weighted by Crippen LogP contribution is 2.53. The van der Waals surface area contributed by atoms with E-state index in [-0.39, 0.29) is 5.97 Å². The summed E-state index contributed by atoms with van der Waals surface area (Å²) in [5.74, 6) is 0.259. The summed E-state index contributed by atoms with van der Waals surface area (Å²) in [7, 11) is 0. The Morgan fingerprint density at radius 1 is 1.41 bits per heavy atom. The van der Waals surface area contributed by atoms with E-state index >= 15 is 0 Å². The summed E-state index contributed by atoms with van der Waals surface area (Å²) >= 11 is 0. The molecule has 3 nitrogen and oxygen atoms in total. The number of rotatable bonds is 2. The molecule has 0 radical (unpaired) electrons. The van der Waals surface area contributed by atoms with E-state index in [0.29, 0.717) is 11.8 Å². The van der Waals surface area contributed by atoms with Gasteiger partial charge in [0.15, 0.2) is 0 Å². The van der Waals surface area contributed by atoms with E-state index in [0.717, 1.165) is 19.3 Å². The van der Waals surface area contributed by atoms with Gasteiger partial charge in [0.05, 0.1) is 11.5 Å². The van der Waals surface area contributed by atoms with Crippen LogP contribution in [0.25, 0.3) is 0 Å². The molecule has 2 aliphatic carbocycles. The van der Waals surface area contributed by atoms with Crippen LogP contribution in [0.5, 0.6) is 0 Å². The minimum Gasteiger partial charge on any atom is -0.460 e. The summed E-state index contributed by atoms with van der Waals surface area (Å²) in [5, 5.41) is 10.7. The summed E-state index contributed by atoms with van der Waals surface area (Å²) in [4.78, 5) is 12.0. The average Bonchev–Trinajstić information content (AvgIpc) is 2.73. The molecular formula is C14H24O3. The van der Waals surface area contributed by atoms with E-state index in [4.69, 9.17) is 4.74 Å². The Bertz CT molecular complexity index is 318. The topological polar surface area (TPSA) is 46.5 Å². The first-order chi connectivity index (χ1) is 7.72. The quantitative estimate of drug-likeness (QED) is 0.754. The van der Waals surface area contributed by atoms with Gasteiger partial charge >= 0.3 is 5.97 Å². The van der Waals surface area contributed by atoms with Gasteiger partial charge in [0.25, 0.3) is 0 Å². The maximum atomic E-state index is 12.0. The lowest BCUT2D eigenvalue weighted by atomic mass is 9.75. The fourth-order valence-electron chi connectivity index (χ4n) is 3.47. The molecule has 1 N–H and O–H groups in total. The number of aliphatic hydroxyl groups is 1. The molecule has 3 heteroatoms. The monoisotopic (exact) mass is 240 g/mol. The summed E-state index contributed by atoms with van der Waals surface area (Å²) in [6.07, 6.45) is 4.14. The molecule has 0 aromatic rings. The van der Waals surface area contributed by atoms with Gasteiger partial charge in [0.1, 0.15) is 5.60 Å². The molecule has 0 aromatic carbocycles. The standard InChI is InChI=1S/C14H24O3/c1-9(12(15)17-13(2,3)4)14(16)8-10-5-6-11(14)7-10/h9-11,16H,5-8H2,1-4H3. The first-order valence-corrected chi connectivity index (χ1v) is 6.67. The van der Waals surface area contributed by atoms with Gasteiger partial charge in [-0.05, 0) is 65.2 Å². The van der Waals surface area contributed by atoms with Gasteiger partial charge in [0, 0.05) is 0 Å². The van der Waals surface area contributed by atoms with Crippen LogP contribution in [-0.4, -0.2) is 22.3 Å². The van der Waals surface area contributed by atoms with Crippen LogP contribution >= 0.6 is 0 Å². The Morgan fingerprint density at radius 2 is 2.06 bits per heavy atom. The number of hydrogen-bond donors (Lipinski definition) is 1. The van der Waals surface area contributed by atoms with Crippen molar-refractivity contribution < 1.29 is 14.6 Å². The molecule has 2 saturated carbocycles. The molecule has 0 aliphatic heterocycles. The molecule has 0 amide bonds. The van der Waals surface area contributed by atoms with Gasteiger partial charge in [-0.2, -0.15) is 0 Å². The Labute approximate surface area is 104 Å². The van der Waals surface area contributed by atoms with Gasteiger partial charge in [-0.3, -0.25) is 4.79 Å². The highest BCUT2D eigenvalue weighted by molar-refractivity contribution is 5.74. The fourth-order valence-corrected chi connectivity index (χ4v) is 3.47. The van der Waals surface area contributed by atoms with Crippen molar-refractivity contribution in [3.05, 3.63) is 0 Å². The summed E-state index contributed by atoms with van der Waals surface area (Å²) in [6.45, 7) is 7.40. The van der Waals surface area contributed by atoms with Gasteiger partial charge in [-0.25, -0.2) is 0 Å². The minimum absolute atomic E-state index is 0.257. The molecular weight excluding hydrogens is 216 g/mol. The molecule has 0 aromatic heterocycles. The predicted molar refractivity (Wildman–Crippen MR) is 65.4 cm³/mol. The van der Waals surface area contributed by atoms with E-state index in [9.17, 15) is 9.90 Å². The van der Waals surface area contributed by atoms with Crippen LogP contribution in [0.1, 0.15) is 53.4 Å². The summed E-state index contributed by atoms with van der Waals surface area (Å²) in [5.41, 5.74) is -1.29. The first-order valence-electron chi connectivity index (χ1n) is 6.67. The van der Waals surface area contributed by atoms with Gasteiger partial charge in [-0.1, -0.05) is 0 Å². The number of hydrogen-bond acceptors (Lipinski definition) is 3. The SMILES string of the molecule is CC(C(=O)OC(C)(C)C)C1(O)CC2CCC1C2. The minimum atomic E-state index is -0.814. The molecule has 17 heavy (non-hydrogen) atoms. The molecule has 2 aliphatic rings. The number of ether oxygens (including phenoxy) is 1. The second-order valence-electron chi connectivity index (χ2n) is 6.83. The van der Waals surface area contributed by atoms with Crippen molar-refractivity contribution in [2.45, 2.75) is 64.6 Å². The Balaban J connectivity index is 2.05. The highest BCUT2D eigenvalue weighted by Gasteiger charge is 2.55. The average molecular weight is 240 g/mol. The van der Waals surface area contributed by atoms with Crippen LogP contribution in [-0.2, 0) is 9.53 Å². The lowest BCUT2D eigenvalue weighted by Gasteiger charge is -2.37. The van der Waals surface area contributed by atoms with Gasteiger partial charge in [0.2, 0.25) is 0 Å². The molecule has 0 heterocycles. The van der Waals surface area contributed by atoms with Crippen molar-refractivity contribution in [1.29, 1.82) is 0 Å². The van der Waals surface area contributed by atoms with Crippen molar-refractivity contribution in [2.24, 2.45) is 17.8 Å². The van der Waals surface area contributed by atoms with Crippen LogP contribution in [0, 0.1) is 17.8 Å². The Hall–Kier alpha value is -0.570. The highest BCUT2D eigenvalue weighted by atomic mass is 16.6. The molecule has 2 bridgehead atoms. The van der Waals surface area contributed by atoms with Crippen LogP contribution < -0.4 is 0 Å². The zero-order chi connectivity index (χ0) is 12.8. The lowest BCUT2D eigenvalue weighted by molar-refractivity contribution is -0.172. The third kappa shape index (κ3) is 2.35. The molecule has 0 spiro atoms. The van der Waals surface area contributed by atoms with Crippen molar-refractivity contribution in [2.75, 3.05) is 0 Å². The molecule has 0 saturated heterocycles. The van der Waals surface area contributed by atoms with Crippen molar-refractivity contribution in [1.82, 2.24) is 0 Å². The van der Waals surface area contributed by atoms with E-state index < -0.39 is 17.1 Å². The maximum Gasteiger partial charge on any atom is 0.312 e. The number of carbonyl (C=O) groups excluding carboxylic acids is 1. The van der Waals surface area contributed by atoms with Crippen LogP contribution in [0.4, 0.5) is 0 Å². The van der Waals surface area contributed by atoms with Crippen molar-refractivity contribution in [3.63, 3.8) is 0 Å². The van der Waals surface area contributed by atoms with Crippen molar-refractivity contribution in [3.8, 4) is 0 Å². The fraction of sp³-hybridized carbons (Fsp3) is 0.929. The lowest BCUT2D eigenvalue weighted by Crippen LogP contribution is -2.47. The number of fused-ring (bicyclic) bond motifs is 2. The third-order valence-corrected chi connectivity index (χ3v) is 4.37. The molecule has 2 fully saturated rings. The van der Waals surface area contributed by atoms with E-state index in [1.54, 1.807) is 0 Å². The van der Waals surface area contributed by atoms with Crippen LogP contribution in [0.3, 0.4) is 0 Å². The predicted octanol–water partition coefficient (Wildman–Crippen LogP) is 2.52. The second-order valence-corrected chi connectivity index (χ2v) is 6.83. The largest absolute Gasteiger partial charge is 0.460 e. The zero-order valence-electron chi connectivity index (χ0n) is 11.3. The molecule has 4 atom stereocenters. The van der Waals surface area contributed by atoms with Gasteiger partial charge < -0.3 is 9.84 Å². The number of esters is 1. The summed E-state index contributed by atoms with van der Waals surface area (Å²) in [6, 6.07) is 0. The third-order valence-electron chi connectivity index (χ3n) is 4.37. The Morgan fingerprint density at radius 3 is 2.47 bits per heavy atom. The summed E-state index contributed by atoms with van der Waals surface area (Å²) < 4.78 is 5.39. The Kier molecular flexibility index (Phi) is 3.01. The molecule has 4 unspecified atom stereocenters. The molecule has 98 valence electrons. The molecule has 2 rings (SSSR count). The van der Waals surface area contributed by atoms with E-state index in [2.05, 4.69) is 0 Å². The van der Waals surface area contributed by atoms with Crippen molar-refractivity contribution >= 4 is 5.97 Å². The second kappa shape index (κ2) is 3.98. The van der Waals surface area contributed by atoms with E-state index in [1.807, 2.05) is 27.7 Å². The van der Waals surface area contributed by atoms with Crippen LogP contribution in [0.2, 0.25) is 0 Å². The normalized spacial score (nSPS) is 38.2. The van der Waals surface area contributed by atoms with Crippen LogP contribution in [0.15, 0.2) is 0 Å². The number of carbonyl (C=O) groups is 1. The van der Waals surface area contributed by atoms with E-state index in [1.165, 1.54) is 6.42 Å². The first kappa shape index (κ1) is 12.9. The maximum absolute atomic E-state index is 12.0. The van der Waals surface area contributed by atoms with Gasteiger partial charge in [-0.15, -0.1) is 0 Å². The zero-order valence-corrected chi connectivity index (χ0v) is 11.3.